The molecule has 0 aliphatic heterocycles. The van der Waals surface area contributed by atoms with Crippen LogP contribution in [0.3, 0.4) is 0 Å². The third kappa shape index (κ3) is 9.78. The van der Waals surface area contributed by atoms with Gasteiger partial charge in [-0.25, -0.2) is 4.79 Å². The molecule has 0 heterocycles. The van der Waals surface area contributed by atoms with E-state index in [1.165, 1.54) is 6.08 Å². The number of unbranched alkanes of at least 4 members (excludes halogenated alkanes) is 1. The lowest BCUT2D eigenvalue weighted by Gasteiger charge is -2.11. The molecule has 0 atom stereocenters. The second-order valence-corrected chi connectivity index (χ2v) is 3.37. The third-order valence-corrected chi connectivity index (χ3v) is 2.10. The zero-order chi connectivity index (χ0) is 12.9. The average Bonchev–Trinajstić information content (AvgIpc) is 2.33. The van der Waals surface area contributed by atoms with Crippen LogP contribution in [0.4, 0.5) is 0 Å². The van der Waals surface area contributed by atoms with Gasteiger partial charge in [-0.05, 0) is 26.2 Å². The van der Waals surface area contributed by atoms with Crippen molar-refractivity contribution in [3.8, 4) is 0 Å². The van der Waals surface area contributed by atoms with Crippen LogP contribution < -0.4 is 0 Å². The highest BCUT2D eigenvalue weighted by Crippen LogP contribution is 2.05. The molecule has 0 aromatic carbocycles. The van der Waals surface area contributed by atoms with Crippen LogP contribution in [0, 0.1) is 0 Å². The minimum Gasteiger partial charge on any atom is -0.463 e. The fraction of sp³-hybridized carbons (Fsp3) is 0.615. The summed E-state index contributed by atoms with van der Waals surface area (Å²) in [6, 6.07) is 0. The van der Waals surface area contributed by atoms with Gasteiger partial charge < -0.3 is 14.2 Å². The minimum absolute atomic E-state index is 0.126. The molecule has 4 heteroatoms. The Morgan fingerprint density at radius 1 is 1.24 bits per heavy atom. The molecule has 17 heavy (non-hydrogen) atoms. The number of rotatable bonds is 9. The van der Waals surface area contributed by atoms with Crippen molar-refractivity contribution < 1.29 is 19.0 Å². The van der Waals surface area contributed by atoms with E-state index in [1.54, 1.807) is 27.2 Å². The van der Waals surface area contributed by atoms with Crippen molar-refractivity contribution in [3.63, 3.8) is 0 Å². The lowest BCUT2D eigenvalue weighted by Crippen LogP contribution is -2.12. The van der Waals surface area contributed by atoms with Crippen LogP contribution in [0.15, 0.2) is 24.3 Å². The van der Waals surface area contributed by atoms with Gasteiger partial charge in [-0.3, -0.25) is 0 Å². The fourth-order valence-corrected chi connectivity index (χ4v) is 1.23. The van der Waals surface area contributed by atoms with Crippen LogP contribution in [0.2, 0.25) is 0 Å². The Labute approximate surface area is 103 Å². The summed E-state index contributed by atoms with van der Waals surface area (Å²) >= 11 is 0. The van der Waals surface area contributed by atoms with E-state index in [0.29, 0.717) is 6.61 Å². The first kappa shape index (κ1) is 15.9. The van der Waals surface area contributed by atoms with E-state index in [0.717, 1.165) is 19.3 Å². The molecule has 0 N–H and O–H groups in total. The Hall–Kier alpha value is -1.13. The Kier molecular flexibility index (Phi) is 10.6. The summed E-state index contributed by atoms with van der Waals surface area (Å²) in [5, 5.41) is 0. The van der Waals surface area contributed by atoms with Crippen molar-refractivity contribution in [2.24, 2.45) is 0 Å². The minimum atomic E-state index is -0.309. The van der Waals surface area contributed by atoms with Gasteiger partial charge in [-0.2, -0.15) is 0 Å². The van der Waals surface area contributed by atoms with Crippen molar-refractivity contribution in [1.82, 2.24) is 0 Å². The van der Waals surface area contributed by atoms with Crippen LogP contribution in [-0.2, 0) is 19.0 Å². The van der Waals surface area contributed by atoms with E-state index in [4.69, 9.17) is 14.2 Å². The van der Waals surface area contributed by atoms with Gasteiger partial charge in [0.2, 0.25) is 0 Å². The lowest BCUT2D eigenvalue weighted by molar-refractivity contribution is -0.137. The van der Waals surface area contributed by atoms with Gasteiger partial charge in [0, 0.05) is 20.3 Å². The molecule has 98 valence electrons. The molecule has 0 unspecified atom stereocenters. The quantitative estimate of drug-likeness (QED) is 0.205. The third-order valence-electron chi connectivity index (χ3n) is 2.10. The molecule has 0 rings (SSSR count). The van der Waals surface area contributed by atoms with Crippen molar-refractivity contribution in [2.75, 3.05) is 20.8 Å². The van der Waals surface area contributed by atoms with Gasteiger partial charge >= 0.3 is 5.97 Å². The maximum Gasteiger partial charge on any atom is 0.330 e. The zero-order valence-electron chi connectivity index (χ0n) is 10.8. The van der Waals surface area contributed by atoms with Crippen molar-refractivity contribution in [3.05, 3.63) is 24.3 Å². The van der Waals surface area contributed by atoms with Gasteiger partial charge in [-0.1, -0.05) is 18.2 Å². The molecule has 0 amide bonds. The first-order valence-electron chi connectivity index (χ1n) is 5.80. The van der Waals surface area contributed by atoms with Gasteiger partial charge in [0.25, 0.3) is 0 Å². The monoisotopic (exact) mass is 242 g/mol. The lowest BCUT2D eigenvalue weighted by atomic mass is 10.2. The number of hydrogen-bond acceptors (Lipinski definition) is 4. The highest BCUT2D eigenvalue weighted by molar-refractivity contribution is 5.82. The van der Waals surface area contributed by atoms with Crippen LogP contribution in [-0.4, -0.2) is 33.1 Å². The Morgan fingerprint density at radius 2 is 1.94 bits per heavy atom. The molecule has 0 radical (unpaired) electrons. The van der Waals surface area contributed by atoms with Gasteiger partial charge in [0.1, 0.15) is 0 Å². The number of carbonyl (C=O) groups is 1. The van der Waals surface area contributed by atoms with E-state index in [-0.39, 0.29) is 12.3 Å². The van der Waals surface area contributed by atoms with Crippen molar-refractivity contribution in [1.29, 1.82) is 0 Å². The molecule has 0 saturated carbocycles. The van der Waals surface area contributed by atoms with E-state index < -0.39 is 0 Å². The van der Waals surface area contributed by atoms with Crippen LogP contribution in [0.5, 0.6) is 0 Å². The fourth-order valence-electron chi connectivity index (χ4n) is 1.23. The first-order valence-corrected chi connectivity index (χ1v) is 5.80. The maximum atomic E-state index is 10.9. The normalized spacial score (nSPS) is 11.8. The smallest absolute Gasteiger partial charge is 0.330 e. The summed E-state index contributed by atoms with van der Waals surface area (Å²) in [6.07, 6.45) is 9.57. The summed E-state index contributed by atoms with van der Waals surface area (Å²) < 4.78 is 14.9. The molecular formula is C13H22O4. The molecule has 0 aliphatic carbocycles. The Morgan fingerprint density at radius 3 is 2.53 bits per heavy atom. The number of methoxy groups -OCH3 is 2. The maximum absolute atomic E-state index is 10.9. The number of carbonyl (C=O) groups excluding carboxylic acids is 1. The highest BCUT2D eigenvalue weighted by Gasteiger charge is 2.02. The van der Waals surface area contributed by atoms with Gasteiger partial charge in [0.05, 0.1) is 6.61 Å². The topological polar surface area (TPSA) is 44.8 Å². The van der Waals surface area contributed by atoms with Crippen LogP contribution >= 0.6 is 0 Å². The van der Waals surface area contributed by atoms with E-state index >= 15 is 0 Å². The van der Waals surface area contributed by atoms with Crippen LogP contribution in [0.25, 0.3) is 0 Å². The molecular weight excluding hydrogens is 220 g/mol. The molecule has 0 saturated heterocycles. The van der Waals surface area contributed by atoms with E-state index in [1.807, 2.05) is 12.2 Å². The standard InChI is InChI=1S/C13H22O4/c1-4-17-12(14)10-8-6-5-7-9-11-13(15-2)16-3/h5-6,8,10,13H,4,7,9,11H2,1-3H3/b6-5+,10-8+. The first-order chi connectivity index (χ1) is 8.24. The van der Waals surface area contributed by atoms with Gasteiger partial charge in [0.15, 0.2) is 6.29 Å². The molecule has 0 fully saturated rings. The number of allylic oxidation sites excluding steroid dienone is 3. The number of ether oxygens (including phenoxy) is 3. The molecule has 0 bridgehead atoms. The summed E-state index contributed by atoms with van der Waals surface area (Å²) in [6.45, 7) is 2.19. The number of esters is 1. The van der Waals surface area contributed by atoms with E-state index in [2.05, 4.69) is 0 Å². The van der Waals surface area contributed by atoms with E-state index in [9.17, 15) is 4.79 Å². The van der Waals surface area contributed by atoms with Crippen LogP contribution in [0.1, 0.15) is 26.2 Å². The average molecular weight is 242 g/mol. The van der Waals surface area contributed by atoms with Crippen molar-refractivity contribution in [2.45, 2.75) is 32.5 Å². The summed E-state index contributed by atoms with van der Waals surface area (Å²) in [5.41, 5.74) is 0. The second kappa shape index (κ2) is 11.4. The predicted octanol–water partition coefficient (Wildman–Crippen LogP) is 2.45. The molecule has 0 aromatic heterocycles. The molecule has 4 nitrogen and oxygen atoms in total. The summed E-state index contributed by atoms with van der Waals surface area (Å²) in [5.74, 6) is -0.309. The van der Waals surface area contributed by atoms with Crippen molar-refractivity contribution >= 4 is 5.97 Å². The van der Waals surface area contributed by atoms with Gasteiger partial charge in [-0.15, -0.1) is 0 Å². The summed E-state index contributed by atoms with van der Waals surface area (Å²) in [7, 11) is 3.26. The largest absolute Gasteiger partial charge is 0.463 e. The molecule has 0 aromatic rings. The predicted molar refractivity (Wildman–Crippen MR) is 66.6 cm³/mol. The summed E-state index contributed by atoms with van der Waals surface area (Å²) in [4.78, 5) is 10.9. The Balaban J connectivity index is 3.57. The SMILES string of the molecule is CCOC(=O)/C=C/C=C/CCCC(OC)OC. The molecule has 0 aliphatic rings. The second-order valence-electron chi connectivity index (χ2n) is 3.37. The number of hydrogen-bond donors (Lipinski definition) is 0. The zero-order valence-corrected chi connectivity index (χ0v) is 10.8. The molecule has 0 spiro atoms. The highest BCUT2D eigenvalue weighted by atomic mass is 16.7. The Bertz CT molecular complexity index is 242.